The third-order valence-corrected chi connectivity index (χ3v) is 27.9. The second kappa shape index (κ2) is 37.8. The Balaban J connectivity index is 0.000000114. The first-order valence-corrected chi connectivity index (χ1v) is 48.5. The van der Waals surface area contributed by atoms with Crippen LogP contribution in [0.15, 0.2) is 541 Å². The van der Waals surface area contributed by atoms with Crippen molar-refractivity contribution in [2.24, 2.45) is 0 Å². The number of nitrogens with zero attached hydrogens (tertiary/aromatic N) is 7. The third kappa shape index (κ3) is 16.5. The zero-order chi connectivity index (χ0) is 94.9. The minimum absolute atomic E-state index is 0.859. The predicted octanol–water partition coefficient (Wildman–Crippen LogP) is 35.9. The lowest BCUT2D eigenvalue weighted by molar-refractivity contribution is 1.10. The van der Waals surface area contributed by atoms with Crippen LogP contribution in [0.4, 0.5) is 0 Å². The molecule has 27 rings (SSSR count). The van der Waals surface area contributed by atoms with Crippen molar-refractivity contribution in [3.05, 3.63) is 541 Å². The highest BCUT2D eigenvalue weighted by atomic mass is 15.1. The zero-order valence-corrected chi connectivity index (χ0v) is 78.0. The molecule has 6 aromatic heterocycles. The van der Waals surface area contributed by atoms with Crippen LogP contribution in [-0.4, -0.2) is 34.5 Å². The Kier molecular flexibility index (Phi) is 22.6. The van der Waals surface area contributed by atoms with Crippen molar-refractivity contribution in [2.75, 3.05) is 0 Å². The van der Waals surface area contributed by atoms with Crippen molar-refractivity contribution < 1.29 is 0 Å². The zero-order valence-electron chi connectivity index (χ0n) is 78.0. The minimum Gasteiger partial charge on any atom is -0.292 e. The molecule has 143 heavy (non-hydrogen) atoms. The predicted molar refractivity (Wildman–Crippen MR) is 599 cm³/mol. The van der Waals surface area contributed by atoms with Crippen LogP contribution in [0.25, 0.3) is 259 Å². The molecule has 0 saturated heterocycles. The molecule has 0 aliphatic carbocycles. The van der Waals surface area contributed by atoms with E-state index in [4.69, 9.17) is 9.97 Å². The first kappa shape index (κ1) is 85.6. The molecule has 6 heterocycles. The lowest BCUT2D eigenvalue weighted by atomic mass is 9.84. The van der Waals surface area contributed by atoms with Crippen molar-refractivity contribution in [3.8, 4) is 162 Å². The monoisotopic (exact) mass is 1820 g/mol. The molecule has 0 bridgehead atoms. The molecule has 0 spiro atoms. The summed E-state index contributed by atoms with van der Waals surface area (Å²) in [5.74, 6) is 0.933. The van der Waals surface area contributed by atoms with Gasteiger partial charge in [-0.1, -0.05) is 376 Å². The van der Waals surface area contributed by atoms with Crippen LogP contribution in [0, 0.1) is 0 Å². The molecule has 0 aliphatic rings. The lowest BCUT2D eigenvalue weighted by Crippen LogP contribution is -1.97. The molecule has 0 saturated carbocycles. The molecule has 0 N–H and O–H groups in total. The number of aromatic nitrogens is 7. The maximum Gasteiger partial charge on any atom is 0.145 e. The number of rotatable bonds is 15. The van der Waals surface area contributed by atoms with Crippen molar-refractivity contribution in [3.63, 3.8) is 0 Å². The van der Waals surface area contributed by atoms with Gasteiger partial charge in [0, 0.05) is 65.8 Å². The van der Waals surface area contributed by atoms with Crippen molar-refractivity contribution in [2.45, 2.75) is 0 Å². The van der Waals surface area contributed by atoms with Gasteiger partial charge >= 0.3 is 0 Å². The van der Waals surface area contributed by atoms with E-state index in [0.29, 0.717) is 0 Å². The van der Waals surface area contributed by atoms with Gasteiger partial charge in [0.05, 0.1) is 28.1 Å². The summed E-state index contributed by atoms with van der Waals surface area (Å²) in [5.41, 5.74) is 34.4. The van der Waals surface area contributed by atoms with Gasteiger partial charge in [0.2, 0.25) is 0 Å². The van der Waals surface area contributed by atoms with E-state index in [1.54, 1.807) is 6.20 Å². The van der Waals surface area contributed by atoms with Crippen LogP contribution in [-0.2, 0) is 0 Å². The topological polar surface area (TPSA) is 82.3 Å². The van der Waals surface area contributed by atoms with Crippen LogP contribution in [0.1, 0.15) is 0 Å². The fourth-order valence-corrected chi connectivity index (χ4v) is 21.1. The summed E-state index contributed by atoms with van der Waals surface area (Å²) in [4.78, 5) is 27.5. The van der Waals surface area contributed by atoms with E-state index >= 15 is 0 Å². The van der Waals surface area contributed by atoms with Gasteiger partial charge in [-0.15, -0.1) is 0 Å². The molecule has 7 nitrogen and oxygen atoms in total. The van der Waals surface area contributed by atoms with Crippen LogP contribution >= 0.6 is 0 Å². The van der Waals surface area contributed by atoms with Gasteiger partial charge in [0.25, 0.3) is 0 Å². The van der Waals surface area contributed by atoms with Gasteiger partial charge < -0.3 is 0 Å². The highest BCUT2D eigenvalue weighted by Gasteiger charge is 2.25. The second-order valence-electron chi connectivity index (χ2n) is 36.3. The fraction of sp³-hybridized carbons (Fsp3) is 0. The molecular formula is C136H89N7. The Labute approximate surface area is 828 Å². The van der Waals surface area contributed by atoms with E-state index in [9.17, 15) is 0 Å². The van der Waals surface area contributed by atoms with Crippen molar-refractivity contribution >= 4 is 97.2 Å². The SMILES string of the molecule is c1ccc(-c2ccc3c(-c4ccc(-c5ccccn5)cc4)c4ccccc4c(-c4ccc(-c5ccccn5)nc4)c3c2)cc1.c1ccc(-c2ccc3c(-c4cccc(-c5ccncc5)c4)c4ccccc4c(-c4cccc(-c5ccncc5)c4)c3c2)cc1.c1ccc(-n2c(-c3ccc(-c4ccc5c(-c6ccc7ccccc7c6)c6ccccc6c(-c6ccc7ccccc7c6)c5c4)cc3)nc3ccccc32)cc1. The van der Waals surface area contributed by atoms with Crippen LogP contribution in [0.5, 0.6) is 0 Å². The maximum absolute atomic E-state index is 5.12. The normalized spacial score (nSPS) is 11.4. The van der Waals surface area contributed by atoms with Crippen LogP contribution in [0.3, 0.4) is 0 Å². The summed E-state index contributed by atoms with van der Waals surface area (Å²) in [6, 6.07) is 178. The van der Waals surface area contributed by atoms with E-state index in [-0.39, 0.29) is 0 Å². The molecule has 0 atom stereocenters. The molecule has 21 aromatic carbocycles. The molecule has 7 heteroatoms. The highest BCUT2D eigenvalue weighted by molar-refractivity contribution is 6.26. The average molecular weight is 1820 g/mol. The van der Waals surface area contributed by atoms with E-state index < -0.39 is 0 Å². The van der Waals surface area contributed by atoms with Gasteiger partial charge in [-0.3, -0.25) is 29.5 Å². The number of pyridine rings is 5. The summed E-state index contributed by atoms with van der Waals surface area (Å²) >= 11 is 0. The van der Waals surface area contributed by atoms with Gasteiger partial charge in [-0.2, -0.15) is 0 Å². The second-order valence-corrected chi connectivity index (χ2v) is 36.3. The van der Waals surface area contributed by atoms with Gasteiger partial charge in [0.15, 0.2) is 0 Å². The number of fused-ring (bicyclic) bond motifs is 9. The van der Waals surface area contributed by atoms with Crippen LogP contribution < -0.4 is 0 Å². The molecule has 0 unspecified atom stereocenters. The minimum atomic E-state index is 0.859. The summed E-state index contributed by atoms with van der Waals surface area (Å²) in [6.07, 6.45) is 13.0. The van der Waals surface area contributed by atoms with Crippen LogP contribution in [0.2, 0.25) is 0 Å². The molecular weight excluding hydrogens is 1730 g/mol. The Hall–Kier alpha value is -19.1. The van der Waals surface area contributed by atoms with E-state index in [1.807, 2.05) is 73.6 Å². The summed E-state index contributed by atoms with van der Waals surface area (Å²) in [5, 5.41) is 19.7. The van der Waals surface area contributed by atoms with Crippen molar-refractivity contribution in [1.82, 2.24) is 34.5 Å². The molecule has 0 fully saturated rings. The largest absolute Gasteiger partial charge is 0.292 e. The van der Waals surface area contributed by atoms with Gasteiger partial charge in [-0.05, 0) is 324 Å². The van der Waals surface area contributed by atoms with Gasteiger partial charge in [-0.25, -0.2) is 4.98 Å². The Morgan fingerprint density at radius 2 is 0.469 bits per heavy atom. The molecule has 0 aliphatic heterocycles. The number of hydrogen-bond acceptors (Lipinski definition) is 6. The highest BCUT2D eigenvalue weighted by Crippen LogP contribution is 2.51. The maximum atomic E-state index is 5.12. The average Bonchev–Trinajstić information content (AvgIpc) is 1.12. The van der Waals surface area contributed by atoms with Crippen molar-refractivity contribution in [1.29, 1.82) is 0 Å². The number of para-hydroxylation sites is 3. The first-order chi connectivity index (χ1) is 70.9. The van der Waals surface area contributed by atoms with E-state index in [0.717, 1.165) is 73.0 Å². The lowest BCUT2D eigenvalue weighted by Gasteiger charge is -2.19. The smallest absolute Gasteiger partial charge is 0.145 e. The number of imidazole rings is 1. The Morgan fingerprint density at radius 1 is 0.154 bits per heavy atom. The Bertz CT molecular complexity index is 9450. The number of hydrogen-bond donors (Lipinski definition) is 0. The van der Waals surface area contributed by atoms with E-state index in [2.05, 4.69) is 486 Å². The van der Waals surface area contributed by atoms with Gasteiger partial charge in [0.1, 0.15) is 5.82 Å². The summed E-state index contributed by atoms with van der Waals surface area (Å²) < 4.78 is 2.26. The summed E-state index contributed by atoms with van der Waals surface area (Å²) in [7, 11) is 0. The third-order valence-electron chi connectivity index (χ3n) is 27.9. The molecule has 27 aromatic rings. The summed E-state index contributed by atoms with van der Waals surface area (Å²) in [6.45, 7) is 0. The standard InChI is InChI=1S/C53H34N2.C42H28N2.C41H27N3/c1-2-16-44(17-3-1)55-50-21-11-10-20-49(50)54-53(55)38-26-22-37(23-27-38)41-30-31-47-48(34-41)52(43-29-25-36-13-5-7-15-40(36)33-43)46-19-9-8-18-45(46)51(47)42-28-24-35-12-4-6-14-39(35)32-42;1-2-8-29(9-3-1)34-16-17-39-40(28-34)42(36-13-7-11-33(27-36)31-20-24-44-25-21-31)38-15-5-4-14-37(38)41(39)35-12-6-10-32(26-35)30-18-22-43-23-19-30;1-2-10-28(11-3-1)31-20-22-35-36(26-31)41(32-21-23-39(44-27-32)38-15-7-9-25-43-38)34-13-5-4-12-33(34)40(35)30-18-16-29(17-19-30)37-14-6-8-24-42-37/h1-34H;1-28H;1-27H. The quantitative estimate of drug-likeness (QED) is 0.0951. The molecule has 668 valence electrons. The first-order valence-electron chi connectivity index (χ1n) is 48.5. The molecule has 0 radical (unpaired) electrons. The fourth-order valence-electron chi connectivity index (χ4n) is 21.1. The Morgan fingerprint density at radius 3 is 0.930 bits per heavy atom. The number of benzene rings is 21. The molecule has 0 amide bonds. The van der Waals surface area contributed by atoms with E-state index in [1.165, 1.54) is 186 Å².